The predicted molar refractivity (Wildman–Crippen MR) is 140 cm³/mol. The van der Waals surface area contributed by atoms with Crippen molar-refractivity contribution in [3.05, 3.63) is 35.4 Å². The zero-order chi connectivity index (χ0) is 21.4. The van der Waals surface area contributed by atoms with Gasteiger partial charge in [0.25, 0.3) is 0 Å². The Bertz CT molecular complexity index is 690. The van der Waals surface area contributed by atoms with Crippen molar-refractivity contribution < 1.29 is 5.11 Å². The number of rotatable bonds is 8. The second kappa shape index (κ2) is 13.0. The first-order chi connectivity index (χ1) is 14.5. The molecule has 7 heteroatoms. The van der Waals surface area contributed by atoms with E-state index in [1.165, 1.54) is 43.5 Å². The van der Waals surface area contributed by atoms with Crippen LogP contribution in [0.3, 0.4) is 0 Å². The van der Waals surface area contributed by atoms with E-state index in [0.29, 0.717) is 13.1 Å². The molecule has 1 fully saturated rings. The first-order valence-corrected chi connectivity index (χ1v) is 11.7. The third-order valence-corrected chi connectivity index (χ3v) is 6.36. The van der Waals surface area contributed by atoms with Gasteiger partial charge in [-0.25, -0.2) is 0 Å². The molecule has 3 rings (SSSR count). The van der Waals surface area contributed by atoms with Crippen LogP contribution in [-0.2, 0) is 13.0 Å². The number of aliphatic imine (C=N–C) groups is 1. The Balaban J connectivity index is 0.00000341. The summed E-state index contributed by atoms with van der Waals surface area (Å²) in [6.45, 7) is 13.7. The maximum Gasteiger partial charge on any atom is 0.191 e. The normalized spacial score (nSPS) is 19.3. The summed E-state index contributed by atoms with van der Waals surface area (Å²) in [4.78, 5) is 9.74. The van der Waals surface area contributed by atoms with Gasteiger partial charge in [-0.1, -0.05) is 30.7 Å². The van der Waals surface area contributed by atoms with Crippen molar-refractivity contribution >= 4 is 29.9 Å². The molecular weight excluding hydrogens is 501 g/mol. The van der Waals surface area contributed by atoms with Crippen molar-refractivity contribution in [2.24, 2.45) is 4.99 Å². The third-order valence-electron chi connectivity index (χ3n) is 6.36. The Kier molecular flexibility index (Phi) is 11.0. The molecule has 2 aliphatic rings. The van der Waals surface area contributed by atoms with Gasteiger partial charge in [-0.2, -0.15) is 0 Å². The van der Waals surface area contributed by atoms with Crippen LogP contribution in [0.1, 0.15) is 51.2 Å². The summed E-state index contributed by atoms with van der Waals surface area (Å²) in [5, 5.41) is 17.3. The number of piperidine rings is 1. The maximum atomic E-state index is 10.6. The monoisotopic (exact) mass is 543 g/mol. The molecule has 0 spiro atoms. The number of aliphatic hydroxyl groups excluding tert-OH is 1. The van der Waals surface area contributed by atoms with E-state index in [2.05, 4.69) is 65.5 Å². The number of likely N-dealkylation sites (tertiary alicyclic amines) is 1. The van der Waals surface area contributed by atoms with Gasteiger partial charge in [0.2, 0.25) is 0 Å². The molecule has 176 valence electrons. The lowest BCUT2D eigenvalue weighted by molar-refractivity contribution is 0.102. The summed E-state index contributed by atoms with van der Waals surface area (Å²) >= 11 is 0. The molecule has 1 saturated heterocycles. The van der Waals surface area contributed by atoms with E-state index in [1.54, 1.807) is 0 Å². The van der Waals surface area contributed by atoms with Crippen molar-refractivity contribution in [1.29, 1.82) is 0 Å². The summed E-state index contributed by atoms with van der Waals surface area (Å²) in [6, 6.07) is 8.63. The molecule has 3 N–H and O–H groups in total. The van der Waals surface area contributed by atoms with E-state index in [9.17, 15) is 5.11 Å². The zero-order valence-electron chi connectivity index (χ0n) is 19.6. The SMILES string of the molecule is CCNC(=NCC(C)(C)N1CCCCC1)NCC(O)CN1CCc2ccccc2C1.I. The van der Waals surface area contributed by atoms with E-state index in [-0.39, 0.29) is 29.5 Å². The van der Waals surface area contributed by atoms with Crippen molar-refractivity contribution in [2.75, 3.05) is 45.8 Å². The van der Waals surface area contributed by atoms with E-state index in [1.807, 2.05) is 0 Å². The molecule has 2 aliphatic heterocycles. The highest BCUT2D eigenvalue weighted by Gasteiger charge is 2.27. The fourth-order valence-electron chi connectivity index (χ4n) is 4.50. The van der Waals surface area contributed by atoms with Crippen molar-refractivity contribution in [3.8, 4) is 0 Å². The fraction of sp³-hybridized carbons (Fsp3) is 0.708. The molecule has 0 aliphatic carbocycles. The van der Waals surface area contributed by atoms with E-state index in [0.717, 1.165) is 38.6 Å². The molecule has 0 bridgehead atoms. The summed E-state index contributed by atoms with van der Waals surface area (Å²) in [5.41, 5.74) is 2.89. The topological polar surface area (TPSA) is 63.1 Å². The molecule has 2 heterocycles. The zero-order valence-corrected chi connectivity index (χ0v) is 21.9. The van der Waals surface area contributed by atoms with Gasteiger partial charge in [-0.3, -0.25) is 14.8 Å². The Morgan fingerprint density at radius 1 is 1.10 bits per heavy atom. The van der Waals surface area contributed by atoms with E-state index < -0.39 is 6.10 Å². The molecular formula is C24H42IN5O. The van der Waals surface area contributed by atoms with Crippen LogP contribution in [0, 0.1) is 0 Å². The van der Waals surface area contributed by atoms with Crippen LogP contribution in [0.5, 0.6) is 0 Å². The summed E-state index contributed by atoms with van der Waals surface area (Å²) < 4.78 is 0. The average molecular weight is 544 g/mol. The van der Waals surface area contributed by atoms with Gasteiger partial charge in [0, 0.05) is 38.3 Å². The van der Waals surface area contributed by atoms with Crippen LogP contribution >= 0.6 is 24.0 Å². The standard InChI is InChI=1S/C24H41N5O.HI/c1-4-25-23(27-19-24(2,3)29-13-8-5-9-14-29)26-16-22(30)18-28-15-12-20-10-6-7-11-21(20)17-28;/h6-7,10-11,22,30H,4-5,8-9,12-19H2,1-3H3,(H2,25,26,27);1H. The predicted octanol–water partition coefficient (Wildman–Crippen LogP) is 2.84. The third kappa shape index (κ3) is 8.18. The van der Waals surface area contributed by atoms with Crippen LogP contribution in [0.2, 0.25) is 0 Å². The second-order valence-electron chi connectivity index (χ2n) is 9.34. The van der Waals surface area contributed by atoms with Gasteiger partial charge in [0.05, 0.1) is 12.6 Å². The van der Waals surface area contributed by atoms with Crippen molar-refractivity contribution in [2.45, 2.75) is 64.6 Å². The highest BCUT2D eigenvalue weighted by Crippen LogP contribution is 2.21. The molecule has 1 aromatic rings. The molecule has 1 atom stereocenters. The largest absolute Gasteiger partial charge is 0.390 e. The number of β-amino-alcohol motifs (C(OH)–C–C–N with tert-alkyl or cyclic N) is 1. The Morgan fingerprint density at radius 2 is 1.81 bits per heavy atom. The smallest absolute Gasteiger partial charge is 0.191 e. The lowest BCUT2D eigenvalue weighted by atomic mass is 9.99. The van der Waals surface area contributed by atoms with Crippen molar-refractivity contribution in [1.82, 2.24) is 20.4 Å². The summed E-state index contributed by atoms with van der Waals surface area (Å²) in [5.74, 6) is 0.797. The number of guanidine groups is 1. The van der Waals surface area contributed by atoms with Crippen LogP contribution in [0.4, 0.5) is 0 Å². The van der Waals surface area contributed by atoms with Gasteiger partial charge in [0.15, 0.2) is 5.96 Å². The minimum Gasteiger partial charge on any atom is -0.390 e. The lowest BCUT2D eigenvalue weighted by Crippen LogP contribution is -2.50. The number of fused-ring (bicyclic) bond motifs is 1. The number of hydrogen-bond acceptors (Lipinski definition) is 4. The molecule has 0 aromatic heterocycles. The number of benzene rings is 1. The lowest BCUT2D eigenvalue weighted by Gasteiger charge is -2.40. The van der Waals surface area contributed by atoms with Gasteiger partial charge < -0.3 is 15.7 Å². The number of hydrogen-bond donors (Lipinski definition) is 3. The van der Waals surface area contributed by atoms with Crippen LogP contribution < -0.4 is 10.6 Å². The van der Waals surface area contributed by atoms with Gasteiger partial charge in [-0.15, -0.1) is 24.0 Å². The van der Waals surface area contributed by atoms with Crippen molar-refractivity contribution in [3.63, 3.8) is 0 Å². The maximum absolute atomic E-state index is 10.6. The van der Waals surface area contributed by atoms with E-state index in [4.69, 9.17) is 4.99 Å². The minimum absolute atomic E-state index is 0. The highest BCUT2D eigenvalue weighted by atomic mass is 127. The molecule has 0 amide bonds. The van der Waals surface area contributed by atoms with Crippen LogP contribution in [0.25, 0.3) is 0 Å². The average Bonchev–Trinajstić information content (AvgIpc) is 2.76. The first kappa shape index (κ1) is 26.4. The van der Waals surface area contributed by atoms with Gasteiger partial charge in [0.1, 0.15) is 0 Å². The number of nitrogens with zero attached hydrogens (tertiary/aromatic N) is 3. The molecule has 0 radical (unpaired) electrons. The van der Waals surface area contributed by atoms with Gasteiger partial charge in [-0.05, 0) is 64.3 Å². The number of aliphatic hydroxyl groups is 1. The molecule has 6 nitrogen and oxygen atoms in total. The summed E-state index contributed by atoms with van der Waals surface area (Å²) in [7, 11) is 0. The van der Waals surface area contributed by atoms with E-state index >= 15 is 0 Å². The minimum atomic E-state index is -0.422. The fourth-order valence-corrected chi connectivity index (χ4v) is 4.50. The van der Waals surface area contributed by atoms with Crippen LogP contribution in [-0.4, -0.2) is 78.3 Å². The Hall–Kier alpha value is -0.900. The number of halogens is 1. The highest BCUT2D eigenvalue weighted by molar-refractivity contribution is 14.0. The second-order valence-corrected chi connectivity index (χ2v) is 9.34. The summed E-state index contributed by atoms with van der Waals surface area (Å²) in [6.07, 6.45) is 4.57. The Labute approximate surface area is 205 Å². The first-order valence-electron chi connectivity index (χ1n) is 11.7. The Morgan fingerprint density at radius 3 is 2.52 bits per heavy atom. The van der Waals surface area contributed by atoms with Crippen LogP contribution in [0.15, 0.2) is 29.3 Å². The molecule has 1 aromatic carbocycles. The molecule has 0 saturated carbocycles. The van der Waals surface area contributed by atoms with Gasteiger partial charge >= 0.3 is 0 Å². The molecule has 31 heavy (non-hydrogen) atoms. The quantitative estimate of drug-likeness (QED) is 0.268. The number of nitrogens with one attached hydrogen (secondary N) is 2. The molecule has 1 unspecified atom stereocenters.